The molecule has 1 heterocycles. The van der Waals surface area contributed by atoms with Gasteiger partial charge in [-0.3, -0.25) is 4.31 Å². The van der Waals surface area contributed by atoms with Crippen molar-refractivity contribution in [2.75, 3.05) is 25.1 Å². The van der Waals surface area contributed by atoms with Gasteiger partial charge in [0.25, 0.3) is 10.0 Å². The summed E-state index contributed by atoms with van der Waals surface area (Å²) in [5.41, 5.74) is 2.50. The second-order valence-corrected chi connectivity index (χ2v) is 7.32. The second-order valence-electron chi connectivity index (χ2n) is 5.45. The Morgan fingerprint density at radius 3 is 2.48 bits per heavy atom. The Kier molecular flexibility index (Phi) is 3.93. The molecular weight excluding hydrogens is 314 g/mol. The molecule has 2 aromatic carbocycles. The lowest BCUT2D eigenvalue weighted by atomic mass is 10.1. The molecule has 3 rings (SSSR count). The van der Waals surface area contributed by atoms with Crippen LogP contribution in [0.25, 0.3) is 0 Å². The number of rotatable bonds is 4. The van der Waals surface area contributed by atoms with Gasteiger partial charge in [0, 0.05) is 6.54 Å². The third-order valence-corrected chi connectivity index (χ3v) is 5.90. The molecule has 0 bridgehead atoms. The Labute approximate surface area is 136 Å². The molecule has 2 aromatic rings. The maximum Gasteiger partial charge on any atom is 0.264 e. The molecule has 0 spiro atoms. The Morgan fingerprint density at radius 1 is 1.04 bits per heavy atom. The van der Waals surface area contributed by atoms with E-state index in [1.165, 1.54) is 4.31 Å². The Morgan fingerprint density at radius 2 is 1.83 bits per heavy atom. The van der Waals surface area contributed by atoms with Crippen LogP contribution in [0, 0.1) is 6.92 Å². The molecular formula is C17H19NO4S. The predicted octanol–water partition coefficient (Wildman–Crippen LogP) is 2.76. The van der Waals surface area contributed by atoms with Gasteiger partial charge in [-0.1, -0.05) is 0 Å². The van der Waals surface area contributed by atoms with E-state index in [1.807, 2.05) is 13.0 Å². The van der Waals surface area contributed by atoms with Gasteiger partial charge in [0.1, 0.15) is 11.5 Å². The summed E-state index contributed by atoms with van der Waals surface area (Å²) in [4.78, 5) is 0.277. The number of anilines is 1. The molecule has 6 heteroatoms. The molecule has 23 heavy (non-hydrogen) atoms. The normalized spacial score (nSPS) is 13.8. The Hall–Kier alpha value is -2.21. The monoisotopic (exact) mass is 333 g/mol. The lowest BCUT2D eigenvalue weighted by Crippen LogP contribution is -2.29. The number of methoxy groups -OCH3 is 2. The number of benzene rings is 2. The second kappa shape index (κ2) is 5.77. The molecule has 122 valence electrons. The summed E-state index contributed by atoms with van der Waals surface area (Å²) in [6.07, 6.45) is 0.681. The molecule has 0 aliphatic carbocycles. The third kappa shape index (κ3) is 2.63. The maximum atomic E-state index is 13.0. The van der Waals surface area contributed by atoms with Gasteiger partial charge in [-0.2, -0.15) is 0 Å². The van der Waals surface area contributed by atoms with Crippen LogP contribution in [-0.4, -0.2) is 29.2 Å². The fourth-order valence-electron chi connectivity index (χ4n) is 2.86. The van der Waals surface area contributed by atoms with E-state index in [4.69, 9.17) is 9.47 Å². The summed E-state index contributed by atoms with van der Waals surface area (Å²) in [6, 6.07) is 10.4. The minimum atomic E-state index is -3.58. The van der Waals surface area contributed by atoms with Crippen molar-refractivity contribution in [2.24, 2.45) is 0 Å². The maximum absolute atomic E-state index is 13.0. The lowest BCUT2D eigenvalue weighted by molar-refractivity contribution is 0.411. The van der Waals surface area contributed by atoms with E-state index < -0.39 is 10.0 Å². The van der Waals surface area contributed by atoms with Crippen LogP contribution in [0.1, 0.15) is 11.1 Å². The standard InChI is InChI=1S/C17H19NO4S/c1-12-10-15(5-7-17(12)22-3)23(19,20)18-9-8-13-11-14(21-2)4-6-16(13)18/h4-7,10-11H,8-9H2,1-3H3. The highest BCUT2D eigenvalue weighted by Crippen LogP contribution is 2.35. The Balaban J connectivity index is 2.01. The first-order valence-electron chi connectivity index (χ1n) is 7.31. The first kappa shape index (κ1) is 15.7. The molecule has 0 amide bonds. The summed E-state index contributed by atoms with van der Waals surface area (Å²) in [5, 5.41) is 0. The van der Waals surface area contributed by atoms with E-state index >= 15 is 0 Å². The predicted molar refractivity (Wildman–Crippen MR) is 89.0 cm³/mol. The van der Waals surface area contributed by atoms with E-state index in [0.29, 0.717) is 18.7 Å². The van der Waals surface area contributed by atoms with Gasteiger partial charge in [-0.25, -0.2) is 8.42 Å². The molecule has 0 fully saturated rings. The van der Waals surface area contributed by atoms with Crippen molar-refractivity contribution in [3.05, 3.63) is 47.5 Å². The molecule has 0 unspecified atom stereocenters. The van der Waals surface area contributed by atoms with Gasteiger partial charge in [0.05, 0.1) is 24.8 Å². The van der Waals surface area contributed by atoms with Gasteiger partial charge < -0.3 is 9.47 Å². The summed E-state index contributed by atoms with van der Waals surface area (Å²) in [7, 11) is -0.410. The molecule has 0 atom stereocenters. The fourth-order valence-corrected chi connectivity index (χ4v) is 4.45. The van der Waals surface area contributed by atoms with E-state index in [9.17, 15) is 8.42 Å². The minimum Gasteiger partial charge on any atom is -0.497 e. The number of fused-ring (bicyclic) bond motifs is 1. The molecule has 1 aliphatic heterocycles. The number of hydrogen-bond acceptors (Lipinski definition) is 4. The Bertz CT molecular complexity index is 846. The van der Waals surface area contributed by atoms with Gasteiger partial charge in [0.15, 0.2) is 0 Å². The quantitative estimate of drug-likeness (QED) is 0.863. The number of aryl methyl sites for hydroxylation is 1. The zero-order valence-electron chi connectivity index (χ0n) is 13.4. The SMILES string of the molecule is COc1ccc2c(c1)CCN2S(=O)(=O)c1ccc(OC)c(C)c1. The molecule has 1 aliphatic rings. The first-order chi connectivity index (χ1) is 11.0. The van der Waals surface area contributed by atoms with Crippen molar-refractivity contribution in [2.45, 2.75) is 18.2 Å². The summed E-state index contributed by atoms with van der Waals surface area (Å²) >= 11 is 0. The van der Waals surface area contributed by atoms with E-state index in [1.54, 1.807) is 44.6 Å². The average molecular weight is 333 g/mol. The third-order valence-electron chi connectivity index (χ3n) is 4.09. The lowest BCUT2D eigenvalue weighted by Gasteiger charge is -2.20. The largest absolute Gasteiger partial charge is 0.497 e. The molecule has 5 nitrogen and oxygen atoms in total. The fraction of sp³-hybridized carbons (Fsp3) is 0.294. The summed E-state index contributed by atoms with van der Waals surface area (Å²) in [6.45, 7) is 2.27. The highest BCUT2D eigenvalue weighted by molar-refractivity contribution is 7.92. The highest BCUT2D eigenvalue weighted by Gasteiger charge is 2.31. The number of nitrogens with zero attached hydrogens (tertiary/aromatic N) is 1. The molecule has 0 aromatic heterocycles. The van der Waals surface area contributed by atoms with Crippen LogP contribution in [0.2, 0.25) is 0 Å². The van der Waals surface area contributed by atoms with E-state index in [-0.39, 0.29) is 4.90 Å². The molecule has 0 N–H and O–H groups in total. The van der Waals surface area contributed by atoms with Crippen LogP contribution in [0.15, 0.2) is 41.3 Å². The summed E-state index contributed by atoms with van der Waals surface area (Å²) in [5.74, 6) is 1.42. The van der Waals surface area contributed by atoms with Gasteiger partial charge in [-0.15, -0.1) is 0 Å². The van der Waals surface area contributed by atoms with Crippen molar-refractivity contribution in [3.63, 3.8) is 0 Å². The van der Waals surface area contributed by atoms with Crippen LogP contribution < -0.4 is 13.8 Å². The van der Waals surface area contributed by atoms with Crippen LogP contribution in [-0.2, 0) is 16.4 Å². The van der Waals surface area contributed by atoms with Crippen LogP contribution in [0.5, 0.6) is 11.5 Å². The van der Waals surface area contributed by atoms with Crippen molar-refractivity contribution in [1.29, 1.82) is 0 Å². The summed E-state index contributed by atoms with van der Waals surface area (Å²) < 4.78 is 37.8. The number of sulfonamides is 1. The van der Waals surface area contributed by atoms with Crippen molar-refractivity contribution in [1.82, 2.24) is 0 Å². The minimum absolute atomic E-state index is 0.277. The van der Waals surface area contributed by atoms with Gasteiger partial charge >= 0.3 is 0 Å². The van der Waals surface area contributed by atoms with E-state index in [2.05, 4.69) is 0 Å². The number of hydrogen-bond donors (Lipinski definition) is 0. The van der Waals surface area contributed by atoms with Crippen molar-refractivity contribution < 1.29 is 17.9 Å². The van der Waals surface area contributed by atoms with Gasteiger partial charge in [0.2, 0.25) is 0 Å². The average Bonchev–Trinajstić information content (AvgIpc) is 2.98. The van der Waals surface area contributed by atoms with Crippen LogP contribution in [0.4, 0.5) is 5.69 Å². The van der Waals surface area contributed by atoms with Crippen LogP contribution >= 0.6 is 0 Å². The smallest absolute Gasteiger partial charge is 0.264 e. The zero-order valence-corrected chi connectivity index (χ0v) is 14.2. The molecule has 0 radical (unpaired) electrons. The van der Waals surface area contributed by atoms with E-state index in [0.717, 1.165) is 22.6 Å². The topological polar surface area (TPSA) is 55.8 Å². The first-order valence-corrected chi connectivity index (χ1v) is 8.75. The van der Waals surface area contributed by atoms with Gasteiger partial charge in [-0.05, 0) is 60.9 Å². The molecule has 0 saturated carbocycles. The van der Waals surface area contributed by atoms with Crippen molar-refractivity contribution >= 4 is 15.7 Å². The van der Waals surface area contributed by atoms with Crippen molar-refractivity contribution in [3.8, 4) is 11.5 Å². The number of ether oxygens (including phenoxy) is 2. The zero-order chi connectivity index (χ0) is 16.6. The highest BCUT2D eigenvalue weighted by atomic mass is 32.2. The van der Waals surface area contributed by atoms with Crippen LogP contribution in [0.3, 0.4) is 0 Å². The molecule has 0 saturated heterocycles.